The number of aliphatic hydroxyl groups is 2. The lowest BCUT2D eigenvalue weighted by Gasteiger charge is -2.22. The predicted octanol–water partition coefficient (Wildman–Crippen LogP) is 24.7. The van der Waals surface area contributed by atoms with Crippen LogP contribution in [0.15, 0.2) is 36.5 Å². The molecular formula is C77H147NO5. The van der Waals surface area contributed by atoms with E-state index in [0.717, 1.165) is 51.4 Å². The molecule has 6 nitrogen and oxygen atoms in total. The van der Waals surface area contributed by atoms with Crippen molar-refractivity contribution in [2.45, 2.75) is 431 Å². The number of carbonyl (C=O) groups excluding carboxylic acids is 2. The molecule has 0 rings (SSSR count). The van der Waals surface area contributed by atoms with Crippen LogP contribution in [0.5, 0.6) is 0 Å². The minimum absolute atomic E-state index is 0.00853. The van der Waals surface area contributed by atoms with E-state index in [4.69, 9.17) is 4.74 Å². The van der Waals surface area contributed by atoms with Crippen molar-refractivity contribution >= 4 is 11.9 Å². The van der Waals surface area contributed by atoms with Crippen LogP contribution < -0.4 is 5.32 Å². The SMILES string of the molecule is CCCCCC/C=C\C/C=C\CCCCCCCCCC(=O)OCCCCCCCCCCCCCC/C=C\CCCCCCCCCCCCCC(=O)NC(CO)C(O)CCCCCCCCCCCCCCCCCCCCCCC. The number of unbranched alkanes of at least 4 members (excludes halogenated alkanes) is 54. The number of ether oxygens (including phenoxy) is 1. The monoisotopic (exact) mass is 1170 g/mol. The van der Waals surface area contributed by atoms with Crippen molar-refractivity contribution in [3.05, 3.63) is 36.5 Å². The largest absolute Gasteiger partial charge is 0.466 e. The Bertz CT molecular complexity index is 1340. The highest BCUT2D eigenvalue weighted by Gasteiger charge is 2.20. The third kappa shape index (κ3) is 69.1. The average molecular weight is 1170 g/mol. The summed E-state index contributed by atoms with van der Waals surface area (Å²) in [6.07, 6.45) is 93.5. The van der Waals surface area contributed by atoms with Crippen molar-refractivity contribution < 1.29 is 24.5 Å². The molecule has 0 aliphatic rings. The van der Waals surface area contributed by atoms with Gasteiger partial charge in [0, 0.05) is 12.8 Å². The second kappa shape index (κ2) is 72.6. The quantitative estimate of drug-likeness (QED) is 0.0320. The van der Waals surface area contributed by atoms with Gasteiger partial charge in [-0.15, -0.1) is 0 Å². The van der Waals surface area contributed by atoms with Gasteiger partial charge in [0.1, 0.15) is 0 Å². The Balaban J connectivity index is 3.38. The van der Waals surface area contributed by atoms with Gasteiger partial charge in [0.05, 0.1) is 25.4 Å². The van der Waals surface area contributed by atoms with Crippen LogP contribution in [0.25, 0.3) is 0 Å². The first kappa shape index (κ1) is 81.1. The van der Waals surface area contributed by atoms with Gasteiger partial charge in [-0.05, 0) is 83.5 Å². The molecule has 3 N–H and O–H groups in total. The van der Waals surface area contributed by atoms with Crippen LogP contribution >= 0.6 is 0 Å². The number of allylic oxidation sites excluding steroid dienone is 6. The summed E-state index contributed by atoms with van der Waals surface area (Å²) in [5, 5.41) is 23.4. The van der Waals surface area contributed by atoms with Gasteiger partial charge in [0.25, 0.3) is 0 Å². The number of aliphatic hydroxyl groups excluding tert-OH is 2. The van der Waals surface area contributed by atoms with E-state index in [1.165, 1.54) is 334 Å². The van der Waals surface area contributed by atoms with E-state index in [-0.39, 0.29) is 18.5 Å². The topological polar surface area (TPSA) is 95.9 Å². The molecule has 2 atom stereocenters. The normalized spacial score (nSPS) is 12.7. The number of rotatable bonds is 71. The number of nitrogens with one attached hydrogen (secondary N) is 1. The molecule has 2 unspecified atom stereocenters. The highest BCUT2D eigenvalue weighted by atomic mass is 16.5. The summed E-state index contributed by atoms with van der Waals surface area (Å²) in [6.45, 7) is 4.97. The van der Waals surface area contributed by atoms with Gasteiger partial charge in [-0.25, -0.2) is 0 Å². The van der Waals surface area contributed by atoms with Crippen LogP contribution in [-0.2, 0) is 14.3 Å². The molecule has 0 bridgehead atoms. The minimum Gasteiger partial charge on any atom is -0.466 e. The van der Waals surface area contributed by atoms with E-state index in [9.17, 15) is 19.8 Å². The molecular weight excluding hydrogens is 1020 g/mol. The fraction of sp³-hybridized carbons (Fsp3) is 0.896. The number of hydrogen-bond donors (Lipinski definition) is 3. The van der Waals surface area contributed by atoms with Crippen LogP contribution in [0.1, 0.15) is 418 Å². The van der Waals surface area contributed by atoms with Crippen molar-refractivity contribution in [2.75, 3.05) is 13.2 Å². The zero-order chi connectivity index (χ0) is 59.9. The molecule has 0 radical (unpaired) electrons. The second-order valence-corrected chi connectivity index (χ2v) is 26.0. The van der Waals surface area contributed by atoms with Gasteiger partial charge >= 0.3 is 5.97 Å². The molecule has 0 aliphatic carbocycles. The average Bonchev–Trinajstić information content (AvgIpc) is 3.49. The summed E-state index contributed by atoms with van der Waals surface area (Å²) in [5.74, 6) is -0.0229. The molecule has 0 spiro atoms. The maximum Gasteiger partial charge on any atom is 0.305 e. The number of carbonyl (C=O) groups is 2. The highest BCUT2D eigenvalue weighted by molar-refractivity contribution is 5.76. The number of amides is 1. The molecule has 0 fully saturated rings. The van der Waals surface area contributed by atoms with Crippen molar-refractivity contribution in [3.63, 3.8) is 0 Å². The zero-order valence-corrected chi connectivity index (χ0v) is 56.2. The van der Waals surface area contributed by atoms with E-state index < -0.39 is 12.1 Å². The van der Waals surface area contributed by atoms with Gasteiger partial charge in [-0.2, -0.15) is 0 Å². The van der Waals surface area contributed by atoms with Crippen molar-refractivity contribution in [3.8, 4) is 0 Å². The van der Waals surface area contributed by atoms with Crippen LogP contribution in [0.3, 0.4) is 0 Å². The van der Waals surface area contributed by atoms with E-state index >= 15 is 0 Å². The smallest absolute Gasteiger partial charge is 0.305 e. The lowest BCUT2D eigenvalue weighted by atomic mass is 10.0. The van der Waals surface area contributed by atoms with Gasteiger partial charge in [0.2, 0.25) is 5.91 Å². The van der Waals surface area contributed by atoms with E-state index in [1.807, 2.05) is 0 Å². The van der Waals surface area contributed by atoms with E-state index in [0.29, 0.717) is 25.9 Å². The first-order chi connectivity index (χ1) is 41.0. The molecule has 0 saturated carbocycles. The zero-order valence-electron chi connectivity index (χ0n) is 56.2. The van der Waals surface area contributed by atoms with Crippen LogP contribution in [0, 0.1) is 0 Å². The van der Waals surface area contributed by atoms with Crippen LogP contribution in [0.2, 0.25) is 0 Å². The first-order valence-corrected chi connectivity index (χ1v) is 37.7. The lowest BCUT2D eigenvalue weighted by molar-refractivity contribution is -0.143. The molecule has 0 heterocycles. The van der Waals surface area contributed by atoms with Gasteiger partial charge in [-0.3, -0.25) is 9.59 Å². The third-order valence-electron chi connectivity index (χ3n) is 17.7. The Labute approximate surface area is 519 Å². The standard InChI is InChI=1S/C77H147NO5/c1-3-5-7-9-11-13-15-17-19-21-23-31-34-37-41-45-49-53-57-61-65-69-75(80)74(73-79)78-76(81)70-66-62-58-54-50-46-42-38-35-32-29-27-25-24-26-28-30-33-36-40-44-48-52-56-60-64-68-72-83-77(82)71-67-63-59-55-51-47-43-39-22-20-18-16-14-12-10-8-6-4-2/h14,16,20,22,24-25,74-75,79-80H,3-13,15,17-19,21,23,26-73H2,1-2H3,(H,78,81)/b16-14-,22-20-,25-24-. The van der Waals surface area contributed by atoms with Gasteiger partial charge in [0.15, 0.2) is 0 Å². The summed E-state index contributed by atoms with van der Waals surface area (Å²) in [4.78, 5) is 24.7. The second-order valence-electron chi connectivity index (χ2n) is 26.0. The Kier molecular flexibility index (Phi) is 70.9. The van der Waals surface area contributed by atoms with Gasteiger partial charge in [-0.1, -0.05) is 359 Å². The van der Waals surface area contributed by atoms with Crippen LogP contribution in [0.4, 0.5) is 0 Å². The molecule has 0 aromatic carbocycles. The fourth-order valence-electron chi connectivity index (χ4n) is 11.9. The highest BCUT2D eigenvalue weighted by Crippen LogP contribution is 2.19. The summed E-state index contributed by atoms with van der Waals surface area (Å²) in [6, 6.07) is -0.544. The minimum atomic E-state index is -0.666. The van der Waals surface area contributed by atoms with Crippen LogP contribution in [-0.4, -0.2) is 47.4 Å². The number of hydrogen-bond acceptors (Lipinski definition) is 5. The molecule has 0 saturated heterocycles. The summed E-state index contributed by atoms with van der Waals surface area (Å²) >= 11 is 0. The summed E-state index contributed by atoms with van der Waals surface area (Å²) in [5.41, 5.74) is 0. The molecule has 6 heteroatoms. The Morgan fingerprint density at radius 1 is 0.337 bits per heavy atom. The molecule has 0 aromatic heterocycles. The molecule has 0 aromatic rings. The van der Waals surface area contributed by atoms with E-state index in [2.05, 4.69) is 55.6 Å². The summed E-state index contributed by atoms with van der Waals surface area (Å²) in [7, 11) is 0. The van der Waals surface area contributed by atoms with E-state index in [1.54, 1.807) is 0 Å². The Hall–Kier alpha value is -1.92. The molecule has 490 valence electrons. The Morgan fingerprint density at radius 3 is 0.940 bits per heavy atom. The van der Waals surface area contributed by atoms with Crippen molar-refractivity contribution in [2.24, 2.45) is 0 Å². The fourth-order valence-corrected chi connectivity index (χ4v) is 11.9. The maximum absolute atomic E-state index is 12.6. The molecule has 1 amide bonds. The third-order valence-corrected chi connectivity index (χ3v) is 17.7. The van der Waals surface area contributed by atoms with Gasteiger partial charge < -0.3 is 20.3 Å². The lowest BCUT2D eigenvalue weighted by Crippen LogP contribution is -2.45. The maximum atomic E-state index is 12.6. The molecule has 0 aliphatic heterocycles. The van der Waals surface area contributed by atoms with Crippen molar-refractivity contribution in [1.29, 1.82) is 0 Å². The summed E-state index contributed by atoms with van der Waals surface area (Å²) < 4.78 is 5.50. The number of esters is 1. The van der Waals surface area contributed by atoms with Crippen molar-refractivity contribution in [1.82, 2.24) is 5.32 Å². The first-order valence-electron chi connectivity index (χ1n) is 37.7. The Morgan fingerprint density at radius 2 is 0.602 bits per heavy atom. The predicted molar refractivity (Wildman–Crippen MR) is 366 cm³/mol. The molecule has 83 heavy (non-hydrogen) atoms.